The first-order valence-corrected chi connectivity index (χ1v) is 8.93. The van der Waals surface area contributed by atoms with E-state index in [1.54, 1.807) is 41.3 Å². The second kappa shape index (κ2) is 7.23. The van der Waals surface area contributed by atoms with Crippen molar-refractivity contribution in [1.82, 2.24) is 14.8 Å². The number of carbonyl (C=O) groups excluding carboxylic acids is 1. The van der Waals surface area contributed by atoms with Crippen molar-refractivity contribution in [2.45, 2.75) is 0 Å². The highest BCUT2D eigenvalue weighted by Gasteiger charge is 2.14. The van der Waals surface area contributed by atoms with Crippen molar-refractivity contribution >= 4 is 22.2 Å². The third-order valence-corrected chi connectivity index (χ3v) is 4.99. The number of nitrogens with one attached hydrogen (secondary N) is 1. The summed E-state index contributed by atoms with van der Waals surface area (Å²) in [4.78, 5) is 17.7. The van der Waals surface area contributed by atoms with Gasteiger partial charge in [-0.3, -0.25) is 4.79 Å². The zero-order chi connectivity index (χ0) is 18.6. The Hall–Kier alpha value is -3.76. The van der Waals surface area contributed by atoms with E-state index in [2.05, 4.69) is 21.5 Å². The van der Waals surface area contributed by atoms with Crippen molar-refractivity contribution in [1.29, 1.82) is 5.26 Å². The zero-order valence-corrected chi connectivity index (χ0v) is 14.9. The molecule has 0 spiro atoms. The summed E-state index contributed by atoms with van der Waals surface area (Å²) >= 11 is 1.37. The Bertz CT molecular complexity index is 1110. The van der Waals surface area contributed by atoms with Gasteiger partial charge >= 0.3 is 0 Å². The maximum Gasteiger partial charge on any atom is 0.257 e. The minimum absolute atomic E-state index is 0.313. The predicted octanol–water partition coefficient (Wildman–Crippen LogP) is 4.12. The van der Waals surface area contributed by atoms with E-state index in [-0.39, 0.29) is 5.91 Å². The number of amides is 1. The number of nitrogens with zero attached hydrogens (tertiary/aromatic N) is 4. The summed E-state index contributed by atoms with van der Waals surface area (Å²) in [6, 6.07) is 18.9. The summed E-state index contributed by atoms with van der Waals surface area (Å²) < 4.78 is 1.61. The van der Waals surface area contributed by atoms with Gasteiger partial charge in [0.05, 0.1) is 11.1 Å². The minimum atomic E-state index is -0.313. The van der Waals surface area contributed by atoms with Crippen molar-refractivity contribution in [3.8, 4) is 22.3 Å². The maximum atomic E-state index is 12.5. The first-order valence-electron chi connectivity index (χ1n) is 8.11. The van der Waals surface area contributed by atoms with Crippen LogP contribution in [0.15, 0.2) is 73.2 Å². The van der Waals surface area contributed by atoms with Crippen LogP contribution in [0.2, 0.25) is 0 Å². The van der Waals surface area contributed by atoms with Crippen LogP contribution in [-0.4, -0.2) is 20.7 Å². The van der Waals surface area contributed by atoms with E-state index in [1.165, 1.54) is 17.5 Å². The average Bonchev–Trinajstić information content (AvgIpc) is 3.39. The largest absolute Gasteiger partial charge is 0.312 e. The van der Waals surface area contributed by atoms with Gasteiger partial charge in [0.15, 0.2) is 5.82 Å². The zero-order valence-electron chi connectivity index (χ0n) is 14.0. The Labute approximate surface area is 159 Å². The molecule has 0 bridgehead atoms. The van der Waals surface area contributed by atoms with E-state index in [0.29, 0.717) is 21.9 Å². The number of rotatable bonds is 4. The molecule has 1 aromatic carbocycles. The quantitative estimate of drug-likeness (QED) is 0.585. The number of thiophene rings is 1. The average molecular weight is 371 g/mol. The second-order valence-electron chi connectivity index (χ2n) is 5.64. The summed E-state index contributed by atoms with van der Waals surface area (Å²) in [6.45, 7) is 0. The maximum absolute atomic E-state index is 12.5. The van der Waals surface area contributed by atoms with E-state index in [0.717, 1.165) is 10.4 Å². The number of carbonyl (C=O) groups is 1. The van der Waals surface area contributed by atoms with E-state index < -0.39 is 0 Å². The van der Waals surface area contributed by atoms with Crippen molar-refractivity contribution in [3.05, 3.63) is 84.3 Å². The monoisotopic (exact) mass is 371 g/mol. The number of benzene rings is 1. The third-order valence-electron chi connectivity index (χ3n) is 3.89. The van der Waals surface area contributed by atoms with Crippen LogP contribution in [0.1, 0.15) is 15.9 Å². The molecule has 0 aliphatic heterocycles. The van der Waals surface area contributed by atoms with E-state index in [9.17, 15) is 10.1 Å². The number of anilines is 1. The molecule has 7 heteroatoms. The standard InChI is InChI=1S/C20H13N5OS/c21-12-16-11-17(14-5-2-1-3-6-14)27-20(16)24-19(26)15-7-8-18(22-13-15)25-10-4-9-23-25/h1-11,13H,(H,24,26). The molecule has 0 radical (unpaired) electrons. The van der Waals surface area contributed by atoms with Crippen molar-refractivity contribution in [2.75, 3.05) is 5.32 Å². The van der Waals surface area contributed by atoms with Crippen LogP contribution in [-0.2, 0) is 0 Å². The van der Waals surface area contributed by atoms with Gasteiger partial charge in [-0.1, -0.05) is 30.3 Å². The second-order valence-corrected chi connectivity index (χ2v) is 6.69. The predicted molar refractivity (Wildman–Crippen MR) is 104 cm³/mol. The van der Waals surface area contributed by atoms with Crippen molar-refractivity contribution < 1.29 is 4.79 Å². The van der Waals surface area contributed by atoms with Crippen LogP contribution < -0.4 is 5.32 Å². The topological polar surface area (TPSA) is 83.6 Å². The smallest absolute Gasteiger partial charge is 0.257 e. The molecule has 0 aliphatic carbocycles. The Morgan fingerprint density at radius 3 is 2.67 bits per heavy atom. The van der Waals surface area contributed by atoms with E-state index >= 15 is 0 Å². The molecule has 0 fully saturated rings. The molecule has 0 saturated heterocycles. The third kappa shape index (κ3) is 3.47. The van der Waals surface area contributed by atoms with E-state index in [4.69, 9.17) is 0 Å². The van der Waals surface area contributed by atoms with Gasteiger partial charge in [-0.05, 0) is 29.8 Å². The summed E-state index contributed by atoms with van der Waals surface area (Å²) in [5, 5.41) is 16.8. The summed E-state index contributed by atoms with van der Waals surface area (Å²) in [5.74, 6) is 0.309. The highest BCUT2D eigenvalue weighted by molar-refractivity contribution is 7.19. The first-order chi connectivity index (χ1) is 13.2. The van der Waals surface area contributed by atoms with Gasteiger partial charge in [0.2, 0.25) is 0 Å². The highest BCUT2D eigenvalue weighted by atomic mass is 32.1. The van der Waals surface area contributed by atoms with Gasteiger partial charge in [0.1, 0.15) is 11.1 Å². The molecular formula is C20H13N5OS. The van der Waals surface area contributed by atoms with Crippen LogP contribution in [0, 0.1) is 11.3 Å². The fourth-order valence-corrected chi connectivity index (χ4v) is 3.56. The molecule has 0 atom stereocenters. The lowest BCUT2D eigenvalue weighted by Gasteiger charge is -2.04. The van der Waals surface area contributed by atoms with Crippen LogP contribution in [0.5, 0.6) is 0 Å². The molecule has 1 amide bonds. The Kier molecular flexibility index (Phi) is 4.47. The molecular weight excluding hydrogens is 358 g/mol. The van der Waals surface area contributed by atoms with Gasteiger partial charge in [0.25, 0.3) is 5.91 Å². The molecule has 130 valence electrons. The van der Waals surface area contributed by atoms with Gasteiger partial charge in [-0.15, -0.1) is 11.3 Å². The Balaban J connectivity index is 1.56. The number of hydrogen-bond acceptors (Lipinski definition) is 5. The van der Waals surface area contributed by atoms with E-state index in [1.807, 2.05) is 30.3 Å². The SMILES string of the molecule is N#Cc1cc(-c2ccccc2)sc1NC(=O)c1ccc(-n2cccn2)nc1. The molecule has 4 rings (SSSR count). The summed E-state index contributed by atoms with van der Waals surface area (Å²) in [7, 11) is 0. The molecule has 0 aliphatic rings. The van der Waals surface area contributed by atoms with Gasteiger partial charge in [-0.25, -0.2) is 9.67 Å². The fraction of sp³-hybridized carbons (Fsp3) is 0. The van der Waals surface area contributed by atoms with Crippen LogP contribution in [0.3, 0.4) is 0 Å². The number of pyridine rings is 1. The molecule has 3 heterocycles. The van der Waals surface area contributed by atoms with Crippen molar-refractivity contribution in [2.24, 2.45) is 0 Å². The number of nitriles is 1. The first kappa shape index (κ1) is 16.7. The summed E-state index contributed by atoms with van der Waals surface area (Å²) in [5.41, 5.74) is 1.85. The van der Waals surface area contributed by atoms with Crippen LogP contribution in [0.4, 0.5) is 5.00 Å². The number of aromatic nitrogens is 3. The Morgan fingerprint density at radius 2 is 2.00 bits per heavy atom. The highest BCUT2D eigenvalue weighted by Crippen LogP contribution is 2.35. The molecule has 0 unspecified atom stereocenters. The lowest BCUT2D eigenvalue weighted by Crippen LogP contribution is -2.12. The van der Waals surface area contributed by atoms with Gasteiger partial charge < -0.3 is 5.32 Å². The number of hydrogen-bond donors (Lipinski definition) is 1. The van der Waals surface area contributed by atoms with Gasteiger partial charge in [-0.2, -0.15) is 10.4 Å². The van der Waals surface area contributed by atoms with Gasteiger partial charge in [0, 0.05) is 23.5 Å². The summed E-state index contributed by atoms with van der Waals surface area (Å²) in [6.07, 6.45) is 4.93. The molecule has 4 aromatic rings. The normalized spacial score (nSPS) is 10.3. The minimum Gasteiger partial charge on any atom is -0.312 e. The van der Waals surface area contributed by atoms with Crippen molar-refractivity contribution in [3.63, 3.8) is 0 Å². The van der Waals surface area contributed by atoms with Crippen LogP contribution >= 0.6 is 11.3 Å². The molecule has 0 saturated carbocycles. The lowest BCUT2D eigenvalue weighted by molar-refractivity contribution is 0.102. The fourth-order valence-electron chi connectivity index (χ4n) is 2.55. The molecule has 6 nitrogen and oxygen atoms in total. The Morgan fingerprint density at radius 1 is 1.15 bits per heavy atom. The molecule has 27 heavy (non-hydrogen) atoms. The molecule has 3 aromatic heterocycles. The molecule has 1 N–H and O–H groups in total. The van der Waals surface area contributed by atoms with Crippen LogP contribution in [0.25, 0.3) is 16.3 Å². The lowest BCUT2D eigenvalue weighted by atomic mass is 10.2.